The van der Waals surface area contributed by atoms with Gasteiger partial charge >= 0.3 is 0 Å². The Morgan fingerprint density at radius 3 is 2.33 bits per heavy atom. The van der Waals surface area contributed by atoms with Gasteiger partial charge in [0.15, 0.2) is 11.4 Å². The van der Waals surface area contributed by atoms with Crippen molar-refractivity contribution in [1.29, 1.82) is 0 Å². The average Bonchev–Trinajstić information content (AvgIpc) is 3.56. The minimum Gasteiger partial charge on any atom is -0.393 e. The average molecular weight is 561 g/mol. The molecule has 40 heavy (non-hydrogen) atoms. The van der Waals surface area contributed by atoms with E-state index in [1.807, 2.05) is 6.92 Å². The smallest absolute Gasteiger partial charge is 0.284 e. The van der Waals surface area contributed by atoms with Gasteiger partial charge in [-0.2, -0.15) is 0 Å². The van der Waals surface area contributed by atoms with Crippen molar-refractivity contribution < 1.29 is 39.1 Å². The van der Waals surface area contributed by atoms with E-state index in [2.05, 4.69) is 20.4 Å². The second kappa shape index (κ2) is 9.69. The zero-order valence-corrected chi connectivity index (χ0v) is 24.6. The van der Waals surface area contributed by atoms with E-state index >= 15 is 0 Å². The third kappa shape index (κ3) is 3.60. The first-order chi connectivity index (χ1) is 19.0. The highest BCUT2D eigenvalue weighted by molar-refractivity contribution is 6.05. The summed E-state index contributed by atoms with van der Waals surface area (Å²) in [6, 6.07) is 0. The van der Waals surface area contributed by atoms with E-state index in [-0.39, 0.29) is 5.92 Å². The molecule has 3 bridgehead atoms. The van der Waals surface area contributed by atoms with E-state index in [0.717, 1.165) is 24.8 Å². The van der Waals surface area contributed by atoms with Gasteiger partial charge in [0.2, 0.25) is 0 Å². The monoisotopic (exact) mass is 560 g/mol. The predicted octanol–water partition coefficient (Wildman–Crippen LogP) is 4.10. The lowest BCUT2D eigenvalue weighted by Crippen LogP contribution is -2.72. The number of ketones is 1. The molecule has 1 unspecified atom stereocenters. The number of carbonyl (C=O) groups is 1. The van der Waals surface area contributed by atoms with E-state index in [0.29, 0.717) is 18.4 Å². The van der Waals surface area contributed by atoms with Crippen LogP contribution in [0.5, 0.6) is 0 Å². The highest BCUT2D eigenvalue weighted by Crippen LogP contribution is 2.73. The number of hydrogen-bond acceptors (Lipinski definition) is 8. The second-order valence-electron chi connectivity index (χ2n) is 13.7. The number of hydrogen-bond donors (Lipinski definition) is 3. The van der Waals surface area contributed by atoms with Crippen LogP contribution in [-0.4, -0.2) is 74.4 Å². The van der Waals surface area contributed by atoms with Crippen molar-refractivity contribution in [3.63, 3.8) is 0 Å². The molecule has 0 aromatic carbocycles. The third-order valence-electron chi connectivity index (χ3n) is 11.3. The third-order valence-corrected chi connectivity index (χ3v) is 11.3. The zero-order valence-electron chi connectivity index (χ0n) is 24.6. The van der Waals surface area contributed by atoms with E-state index in [1.54, 1.807) is 13.0 Å². The Morgan fingerprint density at radius 1 is 1.05 bits per heavy atom. The molecule has 0 aromatic rings. The summed E-state index contributed by atoms with van der Waals surface area (Å²) in [6.07, 6.45) is 10.7. The van der Waals surface area contributed by atoms with Crippen LogP contribution in [0.2, 0.25) is 0 Å². The van der Waals surface area contributed by atoms with Gasteiger partial charge in [-0.05, 0) is 43.8 Å². The largest absolute Gasteiger partial charge is 0.393 e. The molecule has 0 spiro atoms. The van der Waals surface area contributed by atoms with Crippen LogP contribution in [0.15, 0.2) is 23.8 Å². The minimum absolute atomic E-state index is 0.184. The molecule has 6 aliphatic rings. The van der Waals surface area contributed by atoms with Crippen molar-refractivity contribution in [2.24, 2.45) is 17.8 Å². The van der Waals surface area contributed by atoms with E-state index in [4.69, 9.17) is 18.9 Å². The molecule has 0 radical (unpaired) electrons. The Bertz CT molecular complexity index is 1090. The van der Waals surface area contributed by atoms with Crippen molar-refractivity contribution in [2.45, 2.75) is 145 Å². The molecular formula is C32H48O8. The maximum atomic E-state index is 13.5. The zero-order chi connectivity index (χ0) is 28.7. The molecule has 11 atom stereocenters. The summed E-state index contributed by atoms with van der Waals surface area (Å²) >= 11 is 0. The molecule has 3 N–H and O–H groups in total. The molecule has 0 amide bonds. The van der Waals surface area contributed by atoms with Crippen LogP contribution in [0.1, 0.15) is 98.3 Å². The van der Waals surface area contributed by atoms with Crippen molar-refractivity contribution in [1.82, 2.24) is 0 Å². The normalized spacial score (nSPS) is 49.8. The Kier molecular flexibility index (Phi) is 7.02. The van der Waals surface area contributed by atoms with Crippen LogP contribution in [0, 0.1) is 17.8 Å². The van der Waals surface area contributed by atoms with Crippen molar-refractivity contribution in [3.8, 4) is 0 Å². The lowest BCUT2D eigenvalue weighted by molar-refractivity contribution is -0.430. The Hall–Kier alpha value is -1.13. The van der Waals surface area contributed by atoms with Crippen LogP contribution in [0.3, 0.4) is 0 Å². The fraction of sp³-hybridized carbons (Fsp3) is 0.844. The van der Waals surface area contributed by atoms with E-state index < -0.39 is 70.9 Å². The van der Waals surface area contributed by atoms with Gasteiger partial charge in [0.1, 0.15) is 29.5 Å². The summed E-state index contributed by atoms with van der Waals surface area (Å²) in [5, 5.41) is 34.2. The number of fused-ring (bicyclic) bond motifs is 3. The SMILES string of the molecule is C=C(C)[C@]12C[C@@H](C)[C@@]34OC(CCCCCCCCCCC)(O[C@@H]1[C@@H]3[C@@H]1O[C@]1(CO)[C@@H](O)[C@]1(O)C(=O)C(C)=C[C@H]14)O2. The molecule has 3 heterocycles. The lowest BCUT2D eigenvalue weighted by Gasteiger charge is -2.59. The van der Waals surface area contributed by atoms with Crippen molar-refractivity contribution in [2.75, 3.05) is 6.61 Å². The second-order valence-corrected chi connectivity index (χ2v) is 13.7. The lowest BCUT2D eigenvalue weighted by atomic mass is 9.54. The van der Waals surface area contributed by atoms with Gasteiger partial charge in [-0.25, -0.2) is 0 Å². The fourth-order valence-electron chi connectivity index (χ4n) is 9.19. The summed E-state index contributed by atoms with van der Waals surface area (Å²) in [5.74, 6) is -3.38. The van der Waals surface area contributed by atoms with Gasteiger partial charge < -0.3 is 34.3 Å². The van der Waals surface area contributed by atoms with Gasteiger partial charge in [0.25, 0.3) is 5.97 Å². The van der Waals surface area contributed by atoms with Crippen LogP contribution in [0.25, 0.3) is 0 Å². The number of aliphatic hydroxyl groups is 3. The topological polar surface area (TPSA) is 118 Å². The molecular weight excluding hydrogens is 512 g/mol. The van der Waals surface area contributed by atoms with Crippen molar-refractivity contribution >= 4 is 5.78 Å². The summed E-state index contributed by atoms with van der Waals surface area (Å²) in [5.41, 5.74) is -4.36. The molecule has 6 rings (SSSR count). The summed E-state index contributed by atoms with van der Waals surface area (Å²) in [6.45, 7) is 11.7. The number of unbranched alkanes of at least 4 members (excludes halogenated alkanes) is 8. The van der Waals surface area contributed by atoms with Gasteiger partial charge in [-0.1, -0.05) is 77.9 Å². The first-order valence-electron chi connectivity index (χ1n) is 15.7. The molecule has 0 aromatic heterocycles. The Labute approximate surface area is 238 Å². The van der Waals surface area contributed by atoms with Crippen LogP contribution in [0.4, 0.5) is 0 Å². The molecule has 224 valence electrons. The van der Waals surface area contributed by atoms with Crippen LogP contribution >= 0.6 is 0 Å². The fourth-order valence-corrected chi connectivity index (χ4v) is 9.19. The molecule has 2 saturated carbocycles. The predicted molar refractivity (Wildman–Crippen MR) is 147 cm³/mol. The molecule has 3 saturated heterocycles. The summed E-state index contributed by atoms with van der Waals surface area (Å²) in [4.78, 5) is 13.5. The molecule has 5 fully saturated rings. The highest BCUT2D eigenvalue weighted by atomic mass is 16.9. The summed E-state index contributed by atoms with van der Waals surface area (Å²) < 4.78 is 26.8. The number of carbonyl (C=O) groups excluding carboxylic acids is 1. The maximum absolute atomic E-state index is 13.5. The summed E-state index contributed by atoms with van der Waals surface area (Å²) in [7, 11) is 0. The van der Waals surface area contributed by atoms with Gasteiger partial charge in [0.05, 0.1) is 12.2 Å². The first kappa shape index (κ1) is 29.0. The molecule has 8 heteroatoms. The Balaban J connectivity index is 1.33. The van der Waals surface area contributed by atoms with Crippen molar-refractivity contribution in [3.05, 3.63) is 23.8 Å². The standard InChI is InChI=1S/C32H48O8/c1-6-7-8-9-10-11-12-13-14-15-30-38-25-23-26-29(18-33,37-26)27(35)31(36)22(16-20(4)24(31)34)32(23,40-30)21(5)17-28(25,39-30)19(2)3/h16,21-23,25-27,33,35-36H,2,6-15,17-18H2,1,3-5H3/t21-,22-,23-,25-,26+,27-,28-,29+,30?,31-,32+/m1/s1. The van der Waals surface area contributed by atoms with E-state index in [9.17, 15) is 20.1 Å². The molecule has 3 aliphatic carbocycles. The molecule has 8 nitrogen and oxygen atoms in total. The maximum Gasteiger partial charge on any atom is 0.284 e. The van der Waals surface area contributed by atoms with Gasteiger partial charge in [-0.15, -0.1) is 0 Å². The van der Waals surface area contributed by atoms with Crippen LogP contribution < -0.4 is 0 Å². The number of aliphatic hydroxyl groups excluding tert-OH is 2. The van der Waals surface area contributed by atoms with Gasteiger partial charge in [-0.3, -0.25) is 4.79 Å². The van der Waals surface area contributed by atoms with E-state index in [1.165, 1.54) is 38.5 Å². The van der Waals surface area contributed by atoms with Crippen LogP contribution in [-0.2, 0) is 23.7 Å². The first-order valence-corrected chi connectivity index (χ1v) is 15.7. The quantitative estimate of drug-likeness (QED) is 0.186. The minimum atomic E-state index is -2.18. The number of epoxide rings is 1. The number of ether oxygens (including phenoxy) is 4. The number of Topliss-reactive ketones (excluding diaryl/α,β-unsaturated/α-hetero) is 1. The number of rotatable bonds is 12. The highest BCUT2D eigenvalue weighted by Gasteiger charge is 2.88. The molecule has 3 aliphatic heterocycles. The Morgan fingerprint density at radius 2 is 1.70 bits per heavy atom. The van der Waals surface area contributed by atoms with Gasteiger partial charge in [0, 0.05) is 18.3 Å².